The van der Waals surface area contributed by atoms with Crippen LogP contribution in [0.4, 0.5) is 0 Å². The third kappa shape index (κ3) is 1.29. The van der Waals surface area contributed by atoms with Gasteiger partial charge in [-0.3, -0.25) is 0 Å². The van der Waals surface area contributed by atoms with Gasteiger partial charge < -0.3 is 4.74 Å². The molecule has 0 unspecified atom stereocenters. The van der Waals surface area contributed by atoms with Gasteiger partial charge in [-0.1, -0.05) is 0 Å². The van der Waals surface area contributed by atoms with Gasteiger partial charge in [-0.25, -0.2) is 4.98 Å². The Bertz CT molecular complexity index is 288. The SMILES string of the molecule is CCOc1ccnc2c1CCS2. The Labute approximate surface area is 76.3 Å². The van der Waals surface area contributed by atoms with Crippen molar-refractivity contribution in [1.29, 1.82) is 0 Å². The number of aromatic nitrogens is 1. The number of hydrogen-bond acceptors (Lipinski definition) is 3. The minimum Gasteiger partial charge on any atom is -0.493 e. The van der Waals surface area contributed by atoms with Crippen LogP contribution in [-0.2, 0) is 6.42 Å². The van der Waals surface area contributed by atoms with E-state index in [2.05, 4.69) is 4.98 Å². The summed E-state index contributed by atoms with van der Waals surface area (Å²) in [5.41, 5.74) is 1.30. The molecule has 0 fully saturated rings. The molecule has 2 nitrogen and oxygen atoms in total. The molecule has 2 rings (SSSR count). The first kappa shape index (κ1) is 7.92. The largest absolute Gasteiger partial charge is 0.493 e. The van der Waals surface area contributed by atoms with Gasteiger partial charge in [0.05, 0.1) is 6.61 Å². The molecule has 1 aliphatic rings. The summed E-state index contributed by atoms with van der Waals surface area (Å²) in [7, 11) is 0. The van der Waals surface area contributed by atoms with E-state index in [4.69, 9.17) is 4.74 Å². The lowest BCUT2D eigenvalue weighted by Gasteiger charge is -2.06. The molecule has 1 aromatic heterocycles. The molecule has 0 radical (unpaired) electrons. The molecule has 0 amide bonds. The molecule has 0 bridgehead atoms. The van der Waals surface area contributed by atoms with Crippen LogP contribution in [0.2, 0.25) is 0 Å². The fraction of sp³-hybridized carbons (Fsp3) is 0.444. The van der Waals surface area contributed by atoms with Crippen molar-refractivity contribution >= 4 is 11.8 Å². The zero-order chi connectivity index (χ0) is 8.39. The summed E-state index contributed by atoms with van der Waals surface area (Å²) in [6.07, 6.45) is 2.92. The lowest BCUT2D eigenvalue weighted by atomic mass is 10.2. The first-order valence-corrected chi connectivity index (χ1v) is 5.14. The highest BCUT2D eigenvalue weighted by molar-refractivity contribution is 7.99. The molecule has 3 heteroatoms. The second kappa shape index (κ2) is 3.35. The topological polar surface area (TPSA) is 22.1 Å². The molecular weight excluding hydrogens is 170 g/mol. The molecule has 0 atom stereocenters. The maximum Gasteiger partial charge on any atom is 0.126 e. The summed E-state index contributed by atoms with van der Waals surface area (Å²) < 4.78 is 5.50. The minimum atomic E-state index is 0.737. The lowest BCUT2D eigenvalue weighted by molar-refractivity contribution is 0.335. The van der Waals surface area contributed by atoms with Crippen LogP contribution in [0.25, 0.3) is 0 Å². The summed E-state index contributed by atoms with van der Waals surface area (Å²) in [6.45, 7) is 2.75. The highest BCUT2D eigenvalue weighted by atomic mass is 32.2. The van der Waals surface area contributed by atoms with Gasteiger partial charge in [-0.2, -0.15) is 0 Å². The van der Waals surface area contributed by atoms with Crippen molar-refractivity contribution < 1.29 is 4.74 Å². The van der Waals surface area contributed by atoms with Gasteiger partial charge >= 0.3 is 0 Å². The highest BCUT2D eigenvalue weighted by Gasteiger charge is 2.16. The summed E-state index contributed by atoms with van der Waals surface area (Å²) in [4.78, 5) is 4.29. The summed E-state index contributed by atoms with van der Waals surface area (Å²) in [5, 5.41) is 1.15. The molecule has 64 valence electrons. The van der Waals surface area contributed by atoms with Crippen molar-refractivity contribution in [3.05, 3.63) is 17.8 Å². The van der Waals surface area contributed by atoms with Crippen molar-refractivity contribution in [2.75, 3.05) is 12.4 Å². The van der Waals surface area contributed by atoms with Gasteiger partial charge in [-0.15, -0.1) is 11.8 Å². The van der Waals surface area contributed by atoms with Crippen LogP contribution < -0.4 is 4.74 Å². The Morgan fingerprint density at radius 3 is 3.42 bits per heavy atom. The number of nitrogens with zero attached hydrogens (tertiary/aromatic N) is 1. The zero-order valence-corrected chi connectivity index (χ0v) is 7.86. The second-order valence-electron chi connectivity index (χ2n) is 2.62. The van der Waals surface area contributed by atoms with Gasteiger partial charge in [0.15, 0.2) is 0 Å². The average molecular weight is 181 g/mol. The van der Waals surface area contributed by atoms with Crippen molar-refractivity contribution in [2.45, 2.75) is 18.4 Å². The fourth-order valence-corrected chi connectivity index (χ4v) is 2.36. The predicted octanol–water partition coefficient (Wildman–Crippen LogP) is 2.13. The Kier molecular flexibility index (Phi) is 2.21. The number of pyridine rings is 1. The first-order chi connectivity index (χ1) is 5.92. The van der Waals surface area contributed by atoms with Gasteiger partial charge in [0.2, 0.25) is 0 Å². The Hall–Kier alpha value is -0.700. The van der Waals surface area contributed by atoms with Crippen molar-refractivity contribution in [3.63, 3.8) is 0 Å². The van der Waals surface area contributed by atoms with Gasteiger partial charge in [0, 0.05) is 17.5 Å². The maximum absolute atomic E-state index is 5.50. The molecule has 2 heterocycles. The van der Waals surface area contributed by atoms with Crippen LogP contribution in [0.1, 0.15) is 12.5 Å². The molecule has 1 aromatic rings. The van der Waals surface area contributed by atoms with Crippen molar-refractivity contribution in [3.8, 4) is 5.75 Å². The predicted molar refractivity (Wildman–Crippen MR) is 49.8 cm³/mol. The molecule has 0 aliphatic carbocycles. The standard InChI is InChI=1S/C9H11NOS/c1-2-11-8-3-5-10-9-7(8)4-6-12-9/h3,5H,2,4,6H2,1H3. The molecule has 0 N–H and O–H groups in total. The molecule has 0 aromatic carbocycles. The fourth-order valence-electron chi connectivity index (χ4n) is 1.35. The third-order valence-electron chi connectivity index (χ3n) is 1.86. The summed E-state index contributed by atoms with van der Waals surface area (Å²) in [6, 6.07) is 1.95. The average Bonchev–Trinajstić information content (AvgIpc) is 2.53. The van der Waals surface area contributed by atoms with E-state index in [1.54, 1.807) is 0 Å². The number of fused-ring (bicyclic) bond motifs is 1. The number of ether oxygens (including phenoxy) is 1. The Balaban J connectivity index is 2.36. The van der Waals surface area contributed by atoms with Crippen LogP contribution in [0.5, 0.6) is 5.75 Å². The van der Waals surface area contributed by atoms with Crippen LogP contribution in [-0.4, -0.2) is 17.3 Å². The van der Waals surface area contributed by atoms with Crippen LogP contribution in [0.15, 0.2) is 17.3 Å². The van der Waals surface area contributed by atoms with E-state index >= 15 is 0 Å². The van der Waals surface area contributed by atoms with Crippen LogP contribution in [0.3, 0.4) is 0 Å². The van der Waals surface area contributed by atoms with E-state index in [0.29, 0.717) is 0 Å². The third-order valence-corrected chi connectivity index (χ3v) is 2.90. The quantitative estimate of drug-likeness (QED) is 0.697. The van der Waals surface area contributed by atoms with Gasteiger partial charge in [-0.05, 0) is 19.4 Å². The summed E-state index contributed by atoms with van der Waals surface area (Å²) in [5.74, 6) is 2.17. The molecule has 1 aliphatic heterocycles. The number of rotatable bonds is 2. The van der Waals surface area contributed by atoms with E-state index in [1.807, 2.05) is 30.9 Å². The monoisotopic (exact) mass is 181 g/mol. The Morgan fingerprint density at radius 1 is 1.67 bits per heavy atom. The Morgan fingerprint density at radius 2 is 2.58 bits per heavy atom. The van der Waals surface area contributed by atoms with Crippen LogP contribution >= 0.6 is 11.8 Å². The van der Waals surface area contributed by atoms with E-state index in [-0.39, 0.29) is 0 Å². The van der Waals surface area contributed by atoms with Gasteiger partial charge in [0.25, 0.3) is 0 Å². The van der Waals surface area contributed by atoms with E-state index in [0.717, 1.165) is 29.6 Å². The zero-order valence-electron chi connectivity index (χ0n) is 7.04. The second-order valence-corrected chi connectivity index (χ2v) is 3.71. The van der Waals surface area contributed by atoms with Gasteiger partial charge in [0.1, 0.15) is 10.8 Å². The number of hydrogen-bond donors (Lipinski definition) is 0. The number of thioether (sulfide) groups is 1. The first-order valence-electron chi connectivity index (χ1n) is 4.15. The molecule has 0 saturated heterocycles. The van der Waals surface area contributed by atoms with Crippen LogP contribution in [0, 0.1) is 0 Å². The lowest BCUT2D eigenvalue weighted by Crippen LogP contribution is -1.96. The molecule has 0 saturated carbocycles. The van der Waals surface area contributed by atoms with E-state index in [9.17, 15) is 0 Å². The van der Waals surface area contributed by atoms with Crippen molar-refractivity contribution in [2.24, 2.45) is 0 Å². The van der Waals surface area contributed by atoms with Crippen molar-refractivity contribution in [1.82, 2.24) is 4.98 Å². The smallest absolute Gasteiger partial charge is 0.126 e. The van der Waals surface area contributed by atoms with E-state index in [1.165, 1.54) is 5.56 Å². The minimum absolute atomic E-state index is 0.737. The maximum atomic E-state index is 5.50. The molecular formula is C9H11NOS. The summed E-state index contributed by atoms with van der Waals surface area (Å²) >= 11 is 1.82. The molecule has 12 heavy (non-hydrogen) atoms. The molecule has 0 spiro atoms. The normalized spacial score (nSPS) is 14.4. The highest BCUT2D eigenvalue weighted by Crippen LogP contribution is 2.34. The van der Waals surface area contributed by atoms with E-state index < -0.39 is 0 Å².